The van der Waals surface area contributed by atoms with Gasteiger partial charge in [-0.2, -0.15) is 0 Å². The summed E-state index contributed by atoms with van der Waals surface area (Å²) in [6.45, 7) is 7.89. The number of nitro groups is 1. The van der Waals surface area contributed by atoms with Gasteiger partial charge in [0.25, 0.3) is 5.69 Å². The zero-order valence-corrected chi connectivity index (χ0v) is 23.5. The summed E-state index contributed by atoms with van der Waals surface area (Å²) in [7, 11) is 0. The largest absolute Gasteiger partial charge is 0.463 e. The molecule has 0 saturated carbocycles. The van der Waals surface area contributed by atoms with Gasteiger partial charge in [0.05, 0.1) is 17.1 Å². The average molecular weight is 557 g/mol. The van der Waals surface area contributed by atoms with E-state index in [1.54, 1.807) is 13.0 Å². The van der Waals surface area contributed by atoms with Gasteiger partial charge >= 0.3 is 5.97 Å². The second kappa shape index (κ2) is 11.2. The molecule has 0 saturated heterocycles. The van der Waals surface area contributed by atoms with E-state index in [2.05, 4.69) is 19.2 Å². The third kappa shape index (κ3) is 5.08. The van der Waals surface area contributed by atoms with Crippen molar-refractivity contribution in [2.24, 2.45) is 0 Å². The van der Waals surface area contributed by atoms with Crippen molar-refractivity contribution < 1.29 is 28.5 Å². The van der Waals surface area contributed by atoms with E-state index >= 15 is 0 Å². The summed E-state index contributed by atoms with van der Waals surface area (Å²) in [6.07, 6.45) is 2.66. The van der Waals surface area contributed by atoms with Crippen LogP contribution in [0.25, 0.3) is 11.0 Å². The summed E-state index contributed by atoms with van der Waals surface area (Å²) in [6, 6.07) is 10.9. The van der Waals surface area contributed by atoms with Gasteiger partial charge in [-0.25, -0.2) is 4.79 Å². The number of benzene rings is 2. The smallest absolute Gasteiger partial charge is 0.336 e. The van der Waals surface area contributed by atoms with Crippen LogP contribution < -0.4 is 5.32 Å². The van der Waals surface area contributed by atoms with Gasteiger partial charge in [-0.1, -0.05) is 19.9 Å². The molecule has 2 aliphatic rings. The Morgan fingerprint density at radius 2 is 1.88 bits per heavy atom. The summed E-state index contributed by atoms with van der Waals surface area (Å²) in [4.78, 5) is 50.4. The van der Waals surface area contributed by atoms with E-state index in [1.165, 1.54) is 24.3 Å². The van der Waals surface area contributed by atoms with Crippen LogP contribution in [0.2, 0.25) is 0 Å². The number of ketones is 2. The lowest BCUT2D eigenvalue weighted by Crippen LogP contribution is -2.34. The predicted molar refractivity (Wildman–Crippen MR) is 153 cm³/mol. The molecule has 41 heavy (non-hydrogen) atoms. The van der Waals surface area contributed by atoms with Crippen LogP contribution in [0.15, 0.2) is 69.4 Å². The fourth-order valence-corrected chi connectivity index (χ4v) is 5.74. The number of nitrogens with one attached hydrogen (secondary N) is 1. The molecule has 9 nitrogen and oxygen atoms in total. The molecule has 5 rings (SSSR count). The Hall–Kier alpha value is -4.53. The lowest BCUT2D eigenvalue weighted by atomic mass is 9.74. The standard InChI is InChI=1S/C32H32N2O7/c1-5-17(3)23-15-20(28-27(32(37)40-6-2)18(4)33-24-8-7-9-25(35)29(24)28)14-21-16-26(41-31(21)23)30(36)19-10-12-22(13-11-19)34(38)39/h10-17,28,33H,5-9H2,1-4H3. The fourth-order valence-electron chi connectivity index (χ4n) is 5.74. The first-order valence-electron chi connectivity index (χ1n) is 13.9. The number of esters is 1. The second-order valence-corrected chi connectivity index (χ2v) is 10.6. The van der Waals surface area contributed by atoms with E-state index in [-0.39, 0.29) is 35.3 Å². The minimum Gasteiger partial charge on any atom is -0.463 e. The van der Waals surface area contributed by atoms with Crippen molar-refractivity contribution in [2.45, 2.75) is 65.2 Å². The number of nitrogens with zero attached hydrogens (tertiary/aromatic N) is 1. The second-order valence-electron chi connectivity index (χ2n) is 10.6. The summed E-state index contributed by atoms with van der Waals surface area (Å²) in [5.74, 6) is -1.33. The molecular weight excluding hydrogens is 524 g/mol. The van der Waals surface area contributed by atoms with Gasteiger partial charge < -0.3 is 14.5 Å². The van der Waals surface area contributed by atoms with Crippen molar-refractivity contribution in [1.82, 2.24) is 5.32 Å². The van der Waals surface area contributed by atoms with Gasteiger partial charge in [0, 0.05) is 52.4 Å². The number of rotatable bonds is 8. The minimum atomic E-state index is -0.617. The molecule has 1 N–H and O–H groups in total. The number of allylic oxidation sites excluding steroid dienone is 3. The first-order valence-corrected chi connectivity index (χ1v) is 13.9. The third-order valence-electron chi connectivity index (χ3n) is 7.98. The van der Waals surface area contributed by atoms with Crippen LogP contribution in [-0.4, -0.2) is 29.1 Å². The zero-order chi connectivity index (χ0) is 29.4. The lowest BCUT2D eigenvalue weighted by molar-refractivity contribution is -0.384. The highest BCUT2D eigenvalue weighted by Crippen LogP contribution is 2.45. The Balaban J connectivity index is 1.68. The number of carbonyl (C=O) groups is 3. The molecule has 0 fully saturated rings. The van der Waals surface area contributed by atoms with Gasteiger partial charge in [-0.05, 0) is 74.4 Å². The van der Waals surface area contributed by atoms with Crippen LogP contribution in [0.3, 0.4) is 0 Å². The van der Waals surface area contributed by atoms with Crippen molar-refractivity contribution in [3.05, 3.63) is 97.6 Å². The molecule has 0 amide bonds. The molecule has 212 valence electrons. The molecule has 1 aromatic heterocycles. The monoisotopic (exact) mass is 556 g/mol. The maximum absolute atomic E-state index is 13.3. The average Bonchev–Trinajstić information content (AvgIpc) is 3.39. The Bertz CT molecular complexity index is 1640. The molecule has 2 unspecified atom stereocenters. The van der Waals surface area contributed by atoms with Crippen molar-refractivity contribution >= 4 is 34.2 Å². The number of carbonyl (C=O) groups excluding carboxylic acids is 3. The molecule has 9 heteroatoms. The molecule has 2 aromatic carbocycles. The summed E-state index contributed by atoms with van der Waals surface area (Å²) < 4.78 is 11.6. The van der Waals surface area contributed by atoms with Crippen LogP contribution in [0, 0.1) is 10.1 Å². The minimum absolute atomic E-state index is 0.00414. The van der Waals surface area contributed by atoms with Crippen molar-refractivity contribution in [3.63, 3.8) is 0 Å². The van der Waals surface area contributed by atoms with E-state index < -0.39 is 22.6 Å². The van der Waals surface area contributed by atoms with Gasteiger partial charge in [-0.15, -0.1) is 0 Å². The number of fused-ring (bicyclic) bond motifs is 1. The molecule has 2 atom stereocenters. The molecule has 1 aliphatic carbocycles. The van der Waals surface area contributed by atoms with Gasteiger partial charge in [0.2, 0.25) is 5.78 Å². The van der Waals surface area contributed by atoms with Gasteiger partial charge in [0.15, 0.2) is 11.5 Å². The number of dihydropyridines is 1. The van der Waals surface area contributed by atoms with Crippen LogP contribution in [0.4, 0.5) is 5.69 Å². The molecular formula is C32H32N2O7. The molecule has 3 aromatic rings. The SMILES string of the molecule is CCOC(=O)C1=C(C)NC2=C(C(=O)CCC2)C1c1cc(C(C)CC)c2oc(C(=O)c3ccc([N+](=O)[O-])cc3)cc2c1. The number of hydrogen-bond acceptors (Lipinski definition) is 8. The molecule has 0 radical (unpaired) electrons. The Morgan fingerprint density at radius 3 is 2.54 bits per heavy atom. The number of nitro benzene ring substituents is 1. The van der Waals surface area contributed by atoms with Crippen molar-refractivity contribution in [3.8, 4) is 0 Å². The van der Waals surface area contributed by atoms with Crippen molar-refractivity contribution in [1.29, 1.82) is 0 Å². The number of hydrogen-bond donors (Lipinski definition) is 1. The third-order valence-corrected chi connectivity index (χ3v) is 7.98. The van der Waals surface area contributed by atoms with E-state index in [1.807, 2.05) is 19.1 Å². The van der Waals surface area contributed by atoms with Crippen molar-refractivity contribution in [2.75, 3.05) is 6.61 Å². The van der Waals surface area contributed by atoms with E-state index in [4.69, 9.17) is 9.15 Å². The summed E-state index contributed by atoms with van der Waals surface area (Å²) in [5.41, 5.74) is 4.84. The van der Waals surface area contributed by atoms with Crippen LogP contribution in [0.5, 0.6) is 0 Å². The molecule has 1 aliphatic heterocycles. The number of Topliss-reactive ketones (excluding diaryl/α,β-unsaturated/α-hetero) is 1. The first-order chi connectivity index (χ1) is 19.6. The Kier molecular flexibility index (Phi) is 7.62. The quantitative estimate of drug-likeness (QED) is 0.142. The predicted octanol–water partition coefficient (Wildman–Crippen LogP) is 6.62. The normalized spacial score (nSPS) is 17.8. The first kappa shape index (κ1) is 28.0. The van der Waals surface area contributed by atoms with Crippen LogP contribution in [0.1, 0.15) is 92.5 Å². The number of ether oxygens (including phenoxy) is 1. The maximum atomic E-state index is 13.3. The van der Waals surface area contributed by atoms with Crippen LogP contribution in [-0.2, 0) is 14.3 Å². The molecule has 2 heterocycles. The number of non-ortho nitro benzene ring substituents is 1. The van der Waals surface area contributed by atoms with Gasteiger partial charge in [-0.3, -0.25) is 19.7 Å². The molecule has 0 bridgehead atoms. The summed E-state index contributed by atoms with van der Waals surface area (Å²) >= 11 is 0. The Morgan fingerprint density at radius 1 is 1.15 bits per heavy atom. The lowest BCUT2D eigenvalue weighted by Gasteiger charge is -2.34. The van der Waals surface area contributed by atoms with Gasteiger partial charge in [0.1, 0.15) is 5.58 Å². The fraction of sp³-hybridized carbons (Fsp3) is 0.344. The molecule has 0 spiro atoms. The highest BCUT2D eigenvalue weighted by atomic mass is 16.6. The highest BCUT2D eigenvalue weighted by Gasteiger charge is 2.39. The van der Waals surface area contributed by atoms with Crippen LogP contribution >= 0.6 is 0 Å². The Labute approximate surface area is 237 Å². The zero-order valence-electron chi connectivity index (χ0n) is 23.5. The highest BCUT2D eigenvalue weighted by molar-refractivity contribution is 6.09. The van der Waals surface area contributed by atoms with E-state index in [9.17, 15) is 24.5 Å². The maximum Gasteiger partial charge on any atom is 0.336 e. The van der Waals surface area contributed by atoms with E-state index in [0.717, 1.165) is 29.7 Å². The summed E-state index contributed by atoms with van der Waals surface area (Å²) in [5, 5.41) is 15.0. The number of furan rings is 1. The topological polar surface area (TPSA) is 129 Å². The van der Waals surface area contributed by atoms with E-state index in [0.29, 0.717) is 40.7 Å².